The Balaban J connectivity index is 1.60. The standard InChI is InChI=1S/C23H31FN4O3/c1-14-13-28(22(29)30-23(3,4)5)15(2)12-27(14)19(16-8-10-18(24)11-9-16)21-25-20(26-31-21)17-6-7-17/h8-11,14-15,17,19H,6-7,12-13H2,1-5H3/t14-,15+,19?/m1/s1. The molecule has 2 aliphatic rings. The van der Waals surface area contributed by atoms with Crippen LogP contribution in [0, 0.1) is 5.82 Å². The number of carbonyl (C=O) groups excluding carboxylic acids is 1. The summed E-state index contributed by atoms with van der Waals surface area (Å²) in [6.07, 6.45) is 1.86. The molecule has 31 heavy (non-hydrogen) atoms. The molecule has 168 valence electrons. The van der Waals surface area contributed by atoms with E-state index in [9.17, 15) is 9.18 Å². The monoisotopic (exact) mass is 430 g/mol. The van der Waals surface area contributed by atoms with E-state index in [0.717, 1.165) is 24.2 Å². The molecule has 0 bridgehead atoms. The molecule has 3 atom stereocenters. The summed E-state index contributed by atoms with van der Waals surface area (Å²) in [4.78, 5) is 21.4. The Hall–Kier alpha value is -2.48. The second-order valence-electron chi connectivity index (χ2n) is 9.75. The smallest absolute Gasteiger partial charge is 0.410 e. The number of aromatic nitrogens is 2. The van der Waals surface area contributed by atoms with Crippen molar-refractivity contribution in [3.63, 3.8) is 0 Å². The molecule has 0 N–H and O–H groups in total. The van der Waals surface area contributed by atoms with Gasteiger partial charge in [-0.1, -0.05) is 17.3 Å². The van der Waals surface area contributed by atoms with Gasteiger partial charge in [-0.25, -0.2) is 9.18 Å². The molecule has 2 heterocycles. The van der Waals surface area contributed by atoms with E-state index in [1.165, 1.54) is 12.1 Å². The van der Waals surface area contributed by atoms with Crippen molar-refractivity contribution in [3.8, 4) is 0 Å². The number of benzene rings is 1. The second-order valence-corrected chi connectivity index (χ2v) is 9.75. The number of carbonyl (C=O) groups is 1. The fraction of sp³-hybridized carbons (Fsp3) is 0.609. The molecule has 2 aromatic rings. The minimum absolute atomic E-state index is 0.00930. The van der Waals surface area contributed by atoms with Gasteiger partial charge in [0.2, 0.25) is 5.89 Å². The first-order valence-corrected chi connectivity index (χ1v) is 11.0. The van der Waals surface area contributed by atoms with Crippen molar-refractivity contribution < 1.29 is 18.4 Å². The molecule has 1 unspecified atom stereocenters. The van der Waals surface area contributed by atoms with Crippen LogP contribution in [0.5, 0.6) is 0 Å². The van der Waals surface area contributed by atoms with Crippen LogP contribution in [0.2, 0.25) is 0 Å². The summed E-state index contributed by atoms with van der Waals surface area (Å²) in [5, 5.41) is 4.19. The van der Waals surface area contributed by atoms with Gasteiger partial charge in [-0.3, -0.25) is 4.90 Å². The highest BCUT2D eigenvalue weighted by atomic mass is 19.1. The maximum Gasteiger partial charge on any atom is 0.410 e. The van der Waals surface area contributed by atoms with Gasteiger partial charge in [0.05, 0.1) is 0 Å². The van der Waals surface area contributed by atoms with E-state index in [0.29, 0.717) is 24.9 Å². The molecule has 1 aliphatic heterocycles. The summed E-state index contributed by atoms with van der Waals surface area (Å²) in [6.45, 7) is 10.8. The first-order chi connectivity index (χ1) is 14.6. The SMILES string of the molecule is C[C@@H]1CN(C(=O)OC(C)(C)C)[C@@H](C)CN1C(c1ccc(F)cc1)c1nc(C2CC2)no1. The number of halogens is 1. The second kappa shape index (κ2) is 8.22. The fourth-order valence-corrected chi connectivity index (χ4v) is 4.07. The van der Waals surface area contributed by atoms with Crippen molar-refractivity contribution in [2.45, 2.75) is 77.1 Å². The number of amides is 1. The Morgan fingerprint density at radius 2 is 1.84 bits per heavy atom. The minimum atomic E-state index is -0.545. The molecule has 7 nitrogen and oxygen atoms in total. The molecule has 1 aromatic heterocycles. The zero-order valence-corrected chi connectivity index (χ0v) is 18.8. The molecule has 1 amide bonds. The summed E-state index contributed by atoms with van der Waals surface area (Å²) in [6, 6.07) is 6.06. The predicted octanol–water partition coefficient (Wildman–Crippen LogP) is 4.51. The quantitative estimate of drug-likeness (QED) is 0.711. The number of piperazine rings is 1. The van der Waals surface area contributed by atoms with Crippen molar-refractivity contribution in [3.05, 3.63) is 47.4 Å². The van der Waals surface area contributed by atoms with Crippen LogP contribution >= 0.6 is 0 Å². The third kappa shape index (κ3) is 4.89. The molecule has 0 radical (unpaired) electrons. The molecule has 4 rings (SSSR count). The van der Waals surface area contributed by atoms with Crippen LogP contribution < -0.4 is 0 Å². The average Bonchev–Trinajstić information content (AvgIpc) is 3.43. The summed E-state index contributed by atoms with van der Waals surface area (Å²) in [7, 11) is 0. The van der Waals surface area contributed by atoms with E-state index in [2.05, 4.69) is 17.0 Å². The van der Waals surface area contributed by atoms with Crippen molar-refractivity contribution in [2.75, 3.05) is 13.1 Å². The molecule has 1 aliphatic carbocycles. The minimum Gasteiger partial charge on any atom is -0.444 e. The Bertz CT molecular complexity index is 920. The highest BCUT2D eigenvalue weighted by Gasteiger charge is 2.40. The van der Waals surface area contributed by atoms with Gasteiger partial charge in [0.25, 0.3) is 0 Å². The van der Waals surface area contributed by atoms with Gasteiger partial charge in [0.15, 0.2) is 5.82 Å². The van der Waals surface area contributed by atoms with E-state index in [-0.39, 0.29) is 30.0 Å². The van der Waals surface area contributed by atoms with Crippen molar-refractivity contribution >= 4 is 6.09 Å². The molecule has 8 heteroatoms. The predicted molar refractivity (Wildman–Crippen MR) is 113 cm³/mol. The molecular formula is C23H31FN4O3. The lowest BCUT2D eigenvalue weighted by atomic mass is 9.99. The van der Waals surface area contributed by atoms with Crippen LogP contribution in [0.3, 0.4) is 0 Å². The molecule has 2 fully saturated rings. The Kier molecular flexibility index (Phi) is 5.77. The van der Waals surface area contributed by atoms with Gasteiger partial charge in [0, 0.05) is 31.1 Å². The summed E-state index contributed by atoms with van der Waals surface area (Å²) >= 11 is 0. The number of nitrogens with zero attached hydrogens (tertiary/aromatic N) is 4. The topological polar surface area (TPSA) is 71.7 Å². The third-order valence-electron chi connectivity index (χ3n) is 5.81. The van der Waals surface area contributed by atoms with Crippen molar-refractivity contribution in [2.24, 2.45) is 0 Å². The first-order valence-electron chi connectivity index (χ1n) is 11.0. The van der Waals surface area contributed by atoms with Crippen molar-refractivity contribution in [1.29, 1.82) is 0 Å². The van der Waals surface area contributed by atoms with E-state index < -0.39 is 5.60 Å². The van der Waals surface area contributed by atoms with E-state index in [1.54, 1.807) is 17.0 Å². The van der Waals surface area contributed by atoms with Crippen LogP contribution in [0.1, 0.15) is 76.7 Å². The summed E-state index contributed by atoms with van der Waals surface area (Å²) < 4.78 is 24.9. The van der Waals surface area contributed by atoms with Crippen LogP contribution in [0.25, 0.3) is 0 Å². The zero-order chi connectivity index (χ0) is 22.3. The fourth-order valence-electron chi connectivity index (χ4n) is 4.07. The summed E-state index contributed by atoms with van der Waals surface area (Å²) in [5.41, 5.74) is 0.341. The summed E-state index contributed by atoms with van der Waals surface area (Å²) in [5.74, 6) is 1.35. The largest absolute Gasteiger partial charge is 0.444 e. The Labute approximate surface area is 182 Å². The Morgan fingerprint density at radius 1 is 1.16 bits per heavy atom. The number of rotatable bonds is 4. The van der Waals surface area contributed by atoms with E-state index >= 15 is 0 Å². The van der Waals surface area contributed by atoms with Crippen LogP contribution in [-0.4, -0.2) is 56.8 Å². The molecule has 0 spiro atoms. The Morgan fingerprint density at radius 3 is 2.45 bits per heavy atom. The van der Waals surface area contributed by atoms with Crippen LogP contribution in [0.15, 0.2) is 28.8 Å². The average molecular weight is 431 g/mol. The molecule has 1 saturated carbocycles. The maximum atomic E-state index is 13.6. The zero-order valence-electron chi connectivity index (χ0n) is 18.8. The van der Waals surface area contributed by atoms with Gasteiger partial charge in [-0.05, 0) is 65.2 Å². The highest BCUT2D eigenvalue weighted by Crippen LogP contribution is 2.40. The number of hydrogen-bond donors (Lipinski definition) is 0. The lowest BCUT2D eigenvalue weighted by Crippen LogP contribution is -2.59. The van der Waals surface area contributed by atoms with E-state index in [4.69, 9.17) is 14.2 Å². The van der Waals surface area contributed by atoms with Gasteiger partial charge < -0.3 is 14.2 Å². The number of hydrogen-bond acceptors (Lipinski definition) is 6. The lowest BCUT2D eigenvalue weighted by Gasteiger charge is -2.46. The van der Waals surface area contributed by atoms with Crippen molar-refractivity contribution in [1.82, 2.24) is 19.9 Å². The maximum absolute atomic E-state index is 13.6. The van der Waals surface area contributed by atoms with E-state index in [1.807, 2.05) is 27.7 Å². The normalized spacial score (nSPS) is 23.6. The molecule has 1 saturated heterocycles. The third-order valence-corrected chi connectivity index (χ3v) is 5.81. The van der Waals surface area contributed by atoms with Gasteiger partial charge >= 0.3 is 6.09 Å². The van der Waals surface area contributed by atoms with Crippen LogP contribution in [-0.2, 0) is 4.74 Å². The lowest BCUT2D eigenvalue weighted by molar-refractivity contribution is -0.0189. The first kappa shape index (κ1) is 21.7. The van der Waals surface area contributed by atoms with Crippen LogP contribution in [0.4, 0.5) is 9.18 Å². The molecular weight excluding hydrogens is 399 g/mol. The highest BCUT2D eigenvalue weighted by molar-refractivity contribution is 5.68. The number of ether oxygens (including phenoxy) is 1. The van der Waals surface area contributed by atoms with Gasteiger partial charge in [-0.2, -0.15) is 4.98 Å². The molecule has 1 aromatic carbocycles. The van der Waals surface area contributed by atoms with Gasteiger partial charge in [0.1, 0.15) is 17.5 Å². The van der Waals surface area contributed by atoms with Gasteiger partial charge in [-0.15, -0.1) is 0 Å².